The Labute approximate surface area is 120 Å². The van der Waals surface area contributed by atoms with Gasteiger partial charge >= 0.3 is 4.87 Å². The fraction of sp³-hybridized carbons (Fsp3) is 0.286. The normalized spacial score (nSPS) is 12.1. The summed E-state index contributed by atoms with van der Waals surface area (Å²) in [6.45, 7) is 0.302. The Bertz CT molecular complexity index is 606. The third kappa shape index (κ3) is 4.32. The molecule has 0 spiro atoms. The summed E-state index contributed by atoms with van der Waals surface area (Å²) in [6, 6.07) is 9.38. The molecule has 1 aromatic carbocycles. The molecule has 1 heterocycles. The van der Waals surface area contributed by atoms with Crippen molar-refractivity contribution in [3.8, 4) is 0 Å². The second-order valence-corrected chi connectivity index (χ2v) is 5.36. The molecule has 0 radical (unpaired) electrons. The molecule has 1 aromatic heterocycles. The number of benzene rings is 1. The molecule has 1 amide bonds. The first-order chi connectivity index (χ1) is 9.65. The number of nitrogens with two attached hydrogens (primary N) is 1. The first kappa shape index (κ1) is 14.5. The van der Waals surface area contributed by atoms with Crippen molar-refractivity contribution in [3.05, 3.63) is 56.6 Å². The van der Waals surface area contributed by atoms with E-state index in [0.717, 1.165) is 23.3 Å². The van der Waals surface area contributed by atoms with Gasteiger partial charge in [-0.05, 0) is 18.4 Å². The van der Waals surface area contributed by atoms with Crippen LogP contribution in [0.2, 0.25) is 0 Å². The maximum absolute atomic E-state index is 11.8. The average molecular weight is 291 g/mol. The van der Waals surface area contributed by atoms with E-state index in [2.05, 4.69) is 10.3 Å². The number of nitrogens with one attached hydrogen (secondary N) is 2. The molecule has 0 aliphatic rings. The van der Waals surface area contributed by atoms with Gasteiger partial charge in [-0.25, -0.2) is 0 Å². The second kappa shape index (κ2) is 7.02. The zero-order valence-electron chi connectivity index (χ0n) is 11.0. The lowest BCUT2D eigenvalue weighted by atomic mass is 10.1. The van der Waals surface area contributed by atoms with Crippen molar-refractivity contribution in [2.24, 2.45) is 5.73 Å². The molecule has 0 fully saturated rings. The van der Waals surface area contributed by atoms with Crippen LogP contribution in [-0.2, 0) is 17.8 Å². The Morgan fingerprint density at radius 1 is 1.35 bits per heavy atom. The van der Waals surface area contributed by atoms with Crippen molar-refractivity contribution >= 4 is 17.2 Å². The van der Waals surface area contributed by atoms with Gasteiger partial charge in [0.15, 0.2) is 0 Å². The first-order valence-electron chi connectivity index (χ1n) is 6.39. The second-order valence-electron chi connectivity index (χ2n) is 4.52. The Morgan fingerprint density at radius 3 is 2.75 bits per heavy atom. The third-order valence-electron chi connectivity index (χ3n) is 2.95. The van der Waals surface area contributed by atoms with Crippen LogP contribution in [0.5, 0.6) is 0 Å². The van der Waals surface area contributed by atoms with Gasteiger partial charge in [0.05, 0.1) is 12.6 Å². The number of hydrogen-bond acceptors (Lipinski definition) is 4. The van der Waals surface area contributed by atoms with E-state index < -0.39 is 6.04 Å². The minimum atomic E-state index is -0.541. The summed E-state index contributed by atoms with van der Waals surface area (Å²) >= 11 is 1.08. The van der Waals surface area contributed by atoms with Crippen LogP contribution < -0.4 is 15.9 Å². The lowest BCUT2D eigenvalue weighted by Crippen LogP contribution is -2.40. The van der Waals surface area contributed by atoms with Crippen LogP contribution in [0.25, 0.3) is 0 Å². The number of H-pyrrole nitrogens is 1. The Hall–Kier alpha value is -1.92. The first-order valence-corrected chi connectivity index (χ1v) is 7.27. The molecule has 4 N–H and O–H groups in total. The van der Waals surface area contributed by atoms with E-state index >= 15 is 0 Å². The minimum Gasteiger partial charge on any atom is -0.349 e. The van der Waals surface area contributed by atoms with Gasteiger partial charge < -0.3 is 16.0 Å². The molecule has 5 nitrogen and oxygen atoms in total. The van der Waals surface area contributed by atoms with Crippen molar-refractivity contribution in [2.75, 3.05) is 0 Å². The minimum absolute atomic E-state index is 0.123. The maximum Gasteiger partial charge on any atom is 0.304 e. The molecule has 106 valence electrons. The number of amides is 1. The van der Waals surface area contributed by atoms with Crippen molar-refractivity contribution in [1.82, 2.24) is 10.3 Å². The number of carbonyl (C=O) groups is 1. The van der Waals surface area contributed by atoms with Crippen molar-refractivity contribution in [2.45, 2.75) is 25.4 Å². The fourth-order valence-electron chi connectivity index (χ4n) is 1.81. The number of hydrogen-bond donors (Lipinski definition) is 3. The van der Waals surface area contributed by atoms with E-state index in [9.17, 15) is 9.59 Å². The van der Waals surface area contributed by atoms with Crippen molar-refractivity contribution in [1.29, 1.82) is 0 Å². The molecule has 1 atom stereocenters. The number of aromatic nitrogens is 1. The quantitative estimate of drug-likeness (QED) is 0.742. The molecule has 0 bridgehead atoms. The lowest BCUT2D eigenvalue weighted by Gasteiger charge is -2.11. The van der Waals surface area contributed by atoms with Gasteiger partial charge in [0.1, 0.15) is 0 Å². The van der Waals surface area contributed by atoms with E-state index in [1.54, 1.807) is 5.38 Å². The third-order valence-corrected chi connectivity index (χ3v) is 3.67. The summed E-state index contributed by atoms with van der Waals surface area (Å²) in [5.74, 6) is -0.201. The van der Waals surface area contributed by atoms with E-state index in [-0.39, 0.29) is 10.8 Å². The van der Waals surface area contributed by atoms with Gasteiger partial charge in [-0.1, -0.05) is 41.7 Å². The summed E-state index contributed by atoms with van der Waals surface area (Å²) in [7, 11) is 0. The topological polar surface area (TPSA) is 88.0 Å². The van der Waals surface area contributed by atoms with Crippen LogP contribution in [0.15, 0.2) is 40.5 Å². The highest BCUT2D eigenvalue weighted by atomic mass is 32.1. The molecule has 0 saturated heterocycles. The molecule has 0 unspecified atom stereocenters. The summed E-state index contributed by atoms with van der Waals surface area (Å²) in [5.41, 5.74) is 7.72. The largest absolute Gasteiger partial charge is 0.349 e. The molecular formula is C14H17N3O2S. The summed E-state index contributed by atoms with van der Waals surface area (Å²) < 4.78 is 0. The van der Waals surface area contributed by atoms with Crippen molar-refractivity contribution in [3.63, 3.8) is 0 Å². The van der Waals surface area contributed by atoms with Gasteiger partial charge in [0.25, 0.3) is 0 Å². The maximum atomic E-state index is 11.8. The number of thiazole rings is 1. The molecule has 20 heavy (non-hydrogen) atoms. The van der Waals surface area contributed by atoms with Crippen LogP contribution in [0.4, 0.5) is 0 Å². The molecule has 0 aliphatic carbocycles. The van der Waals surface area contributed by atoms with Gasteiger partial charge in [-0.3, -0.25) is 9.59 Å². The summed E-state index contributed by atoms with van der Waals surface area (Å²) in [6.07, 6.45) is 1.36. The SMILES string of the molecule is N[C@@H](CCc1ccccc1)C(=O)NCc1csc(=O)[nH]1. The van der Waals surface area contributed by atoms with Gasteiger partial charge in [0.2, 0.25) is 5.91 Å². The highest BCUT2D eigenvalue weighted by molar-refractivity contribution is 7.07. The van der Waals surface area contributed by atoms with Gasteiger partial charge in [0, 0.05) is 11.1 Å². The summed E-state index contributed by atoms with van der Waals surface area (Å²) in [5, 5.41) is 4.41. The number of aromatic amines is 1. The number of carbonyl (C=O) groups excluding carboxylic acids is 1. The Balaban J connectivity index is 1.76. The Morgan fingerprint density at radius 2 is 2.10 bits per heavy atom. The van der Waals surface area contributed by atoms with E-state index in [4.69, 9.17) is 5.73 Å². The predicted molar refractivity (Wildman–Crippen MR) is 79.5 cm³/mol. The van der Waals surface area contributed by atoms with Crippen LogP contribution >= 0.6 is 11.3 Å². The fourth-order valence-corrected chi connectivity index (χ4v) is 2.39. The smallest absolute Gasteiger partial charge is 0.304 e. The zero-order chi connectivity index (χ0) is 14.4. The standard InChI is InChI=1S/C14H17N3O2S/c15-12(7-6-10-4-2-1-3-5-10)13(18)16-8-11-9-20-14(19)17-11/h1-5,9,12H,6-8,15H2,(H,16,18)(H,17,19)/t12-/m0/s1. The number of rotatable bonds is 6. The molecule has 6 heteroatoms. The molecule has 0 saturated carbocycles. The highest BCUT2D eigenvalue weighted by Crippen LogP contribution is 2.04. The average Bonchev–Trinajstić information content (AvgIpc) is 2.89. The van der Waals surface area contributed by atoms with Crippen LogP contribution in [0, 0.1) is 0 Å². The van der Waals surface area contributed by atoms with E-state index in [1.807, 2.05) is 30.3 Å². The lowest BCUT2D eigenvalue weighted by molar-refractivity contribution is -0.122. The van der Waals surface area contributed by atoms with Crippen LogP contribution in [0.1, 0.15) is 17.7 Å². The summed E-state index contributed by atoms with van der Waals surface area (Å²) in [4.78, 5) is 25.3. The number of aryl methyl sites for hydroxylation is 1. The van der Waals surface area contributed by atoms with Crippen molar-refractivity contribution < 1.29 is 4.79 Å². The molecule has 2 aromatic rings. The molecule has 0 aliphatic heterocycles. The van der Waals surface area contributed by atoms with E-state index in [0.29, 0.717) is 18.7 Å². The molecular weight excluding hydrogens is 274 g/mol. The predicted octanol–water partition coefficient (Wildman–Crippen LogP) is 1.01. The van der Waals surface area contributed by atoms with Gasteiger partial charge in [-0.2, -0.15) is 0 Å². The highest BCUT2D eigenvalue weighted by Gasteiger charge is 2.13. The monoisotopic (exact) mass is 291 g/mol. The van der Waals surface area contributed by atoms with Crippen LogP contribution in [0.3, 0.4) is 0 Å². The molecule has 2 rings (SSSR count). The van der Waals surface area contributed by atoms with E-state index in [1.165, 1.54) is 0 Å². The van der Waals surface area contributed by atoms with Gasteiger partial charge in [-0.15, -0.1) is 0 Å². The van der Waals surface area contributed by atoms with Crippen LogP contribution in [-0.4, -0.2) is 16.9 Å². The zero-order valence-corrected chi connectivity index (χ0v) is 11.8. The Kier molecular flexibility index (Phi) is 5.09.